The predicted molar refractivity (Wildman–Crippen MR) is 125 cm³/mol. The molecule has 0 saturated carbocycles. The molecule has 0 aliphatic rings. The van der Waals surface area contributed by atoms with Crippen molar-refractivity contribution in [1.82, 2.24) is 15.4 Å². The largest absolute Gasteiger partial charge is 0.493 e. The number of imide groups is 1. The van der Waals surface area contributed by atoms with Crippen LogP contribution in [0.25, 0.3) is 10.9 Å². The van der Waals surface area contributed by atoms with Crippen molar-refractivity contribution in [2.45, 2.75) is 0 Å². The first-order chi connectivity index (χ1) is 16.5. The van der Waals surface area contributed by atoms with Gasteiger partial charge in [-0.3, -0.25) is 4.98 Å². The number of rotatable bonds is 6. The van der Waals surface area contributed by atoms with Crippen LogP contribution in [-0.4, -0.2) is 36.4 Å². The predicted octanol–water partition coefficient (Wildman–Crippen LogP) is 3.55. The van der Waals surface area contributed by atoms with Crippen LogP contribution in [0.2, 0.25) is 0 Å². The molecule has 0 fully saturated rings. The molecule has 0 saturated heterocycles. The standard InChI is InChI=1S/C23H22N6O5/c1-29-21(9-11-25-29)27-23(31)28-22(30)26-14-4-6-15(7-5-14)34-18-8-10-24-17-13-20(33-3)19(32-2)12-16(17)18/h4-13H,1-3H3,(H3,25,26,27,28,30,31)/p+1. The fourth-order valence-electron chi connectivity index (χ4n) is 3.22. The van der Waals surface area contributed by atoms with Crippen LogP contribution < -0.4 is 34.8 Å². The number of nitrogens with one attached hydrogen (secondary N) is 4. The second kappa shape index (κ2) is 9.77. The van der Waals surface area contributed by atoms with Gasteiger partial charge in [0.2, 0.25) is 0 Å². The number of carbonyl (C=O) groups is 2. The van der Waals surface area contributed by atoms with E-state index in [1.165, 1.54) is 0 Å². The van der Waals surface area contributed by atoms with Gasteiger partial charge in [0.05, 0.1) is 19.7 Å². The average Bonchev–Trinajstić information content (AvgIpc) is 3.23. The Hall–Kier alpha value is -4.80. The summed E-state index contributed by atoms with van der Waals surface area (Å²) in [7, 11) is 4.85. The zero-order chi connectivity index (χ0) is 24.1. The Kier molecular flexibility index (Phi) is 6.44. The topological polar surface area (TPSA) is 130 Å². The molecule has 0 aliphatic heterocycles. The molecule has 174 valence electrons. The molecule has 0 spiro atoms. The molecular weight excluding hydrogens is 440 g/mol. The number of fused-ring (bicyclic) bond motifs is 1. The van der Waals surface area contributed by atoms with E-state index < -0.39 is 12.1 Å². The Bertz CT molecular complexity index is 1340. The summed E-state index contributed by atoms with van der Waals surface area (Å²) in [5.74, 6) is 2.77. The highest BCUT2D eigenvalue weighted by molar-refractivity contribution is 6.04. The van der Waals surface area contributed by atoms with E-state index in [0.29, 0.717) is 40.0 Å². The number of ether oxygens (including phenoxy) is 3. The van der Waals surface area contributed by atoms with Gasteiger partial charge in [-0.05, 0) is 36.4 Å². The number of urea groups is 2. The summed E-state index contributed by atoms with van der Waals surface area (Å²) in [5.41, 5.74) is 1.17. The van der Waals surface area contributed by atoms with Gasteiger partial charge in [-0.25, -0.2) is 20.0 Å². The molecule has 11 heteroatoms. The molecule has 0 atom stereocenters. The Morgan fingerprint density at radius 3 is 2.29 bits per heavy atom. The minimum absolute atomic E-state index is 0.482. The first-order valence-corrected chi connectivity index (χ1v) is 10.2. The number of aromatic nitrogens is 3. The fraction of sp³-hybridized carbons (Fsp3) is 0.130. The van der Waals surface area contributed by atoms with Gasteiger partial charge in [0.25, 0.3) is 0 Å². The summed E-state index contributed by atoms with van der Waals surface area (Å²) in [6, 6.07) is 12.4. The molecule has 4 rings (SSSR count). The third-order valence-electron chi connectivity index (χ3n) is 4.89. The number of methoxy groups -OCH3 is 2. The first kappa shape index (κ1) is 22.4. The van der Waals surface area contributed by atoms with E-state index >= 15 is 0 Å². The lowest BCUT2D eigenvalue weighted by Gasteiger charge is -2.12. The Balaban J connectivity index is 1.41. The number of amides is 4. The quantitative estimate of drug-likeness (QED) is 0.324. The van der Waals surface area contributed by atoms with Crippen LogP contribution in [0.5, 0.6) is 23.0 Å². The zero-order valence-corrected chi connectivity index (χ0v) is 18.7. The Labute approximate surface area is 194 Å². The fourth-order valence-corrected chi connectivity index (χ4v) is 3.22. The van der Waals surface area contributed by atoms with Crippen LogP contribution in [-0.2, 0) is 7.05 Å². The van der Waals surface area contributed by atoms with Crippen molar-refractivity contribution >= 4 is 34.5 Å². The molecule has 4 aromatic rings. The molecule has 2 aromatic heterocycles. The average molecular weight is 463 g/mol. The second-order valence-corrected chi connectivity index (χ2v) is 7.10. The molecular formula is C23H23N6O5+. The highest BCUT2D eigenvalue weighted by Gasteiger charge is 2.16. The van der Waals surface area contributed by atoms with Crippen molar-refractivity contribution in [2.75, 3.05) is 24.9 Å². The van der Waals surface area contributed by atoms with Gasteiger partial charge in [0.1, 0.15) is 18.5 Å². The molecule has 2 heterocycles. The van der Waals surface area contributed by atoms with E-state index in [1.54, 1.807) is 86.9 Å². The summed E-state index contributed by atoms with van der Waals surface area (Å²) in [4.78, 5) is 28.4. The van der Waals surface area contributed by atoms with Crippen LogP contribution in [0.1, 0.15) is 0 Å². The van der Waals surface area contributed by atoms with Crippen LogP contribution in [0, 0.1) is 0 Å². The first-order valence-electron chi connectivity index (χ1n) is 10.2. The summed E-state index contributed by atoms with van der Waals surface area (Å²) in [5, 5.41) is 11.0. The number of aryl methyl sites for hydroxylation is 1. The molecule has 34 heavy (non-hydrogen) atoms. The van der Waals surface area contributed by atoms with E-state index in [-0.39, 0.29) is 0 Å². The van der Waals surface area contributed by atoms with Crippen molar-refractivity contribution in [3.05, 3.63) is 60.9 Å². The number of hydrogen-bond acceptors (Lipinski definition) is 6. The highest BCUT2D eigenvalue weighted by atomic mass is 16.5. The third-order valence-corrected chi connectivity index (χ3v) is 4.89. The van der Waals surface area contributed by atoms with Crippen LogP contribution in [0.15, 0.2) is 60.9 Å². The van der Waals surface area contributed by atoms with E-state index in [1.807, 2.05) is 0 Å². The van der Waals surface area contributed by atoms with Gasteiger partial charge < -0.3 is 19.5 Å². The van der Waals surface area contributed by atoms with Crippen LogP contribution in [0.3, 0.4) is 0 Å². The van der Waals surface area contributed by atoms with Gasteiger partial charge in [-0.2, -0.15) is 10.00 Å². The zero-order valence-electron chi connectivity index (χ0n) is 18.7. The van der Waals surface area contributed by atoms with E-state index in [4.69, 9.17) is 14.2 Å². The lowest BCUT2D eigenvalue weighted by Crippen LogP contribution is -2.41. The maximum absolute atomic E-state index is 12.1. The third kappa shape index (κ3) is 4.99. The second-order valence-electron chi connectivity index (χ2n) is 7.10. The lowest BCUT2D eigenvalue weighted by atomic mass is 10.2. The van der Waals surface area contributed by atoms with Gasteiger partial charge in [-0.15, -0.1) is 0 Å². The van der Waals surface area contributed by atoms with Gasteiger partial charge in [-0.1, -0.05) is 0 Å². The summed E-state index contributed by atoms with van der Waals surface area (Å²) in [6.45, 7) is 0. The number of hydrogen-bond donors (Lipinski definition) is 4. The lowest BCUT2D eigenvalue weighted by molar-refractivity contribution is -0.713. The number of benzene rings is 2. The Morgan fingerprint density at radius 1 is 0.912 bits per heavy atom. The van der Waals surface area contributed by atoms with Crippen LogP contribution >= 0.6 is 0 Å². The normalized spacial score (nSPS) is 10.4. The number of aromatic amines is 1. The van der Waals surface area contributed by atoms with E-state index in [0.717, 1.165) is 5.39 Å². The molecule has 4 amide bonds. The molecule has 0 radical (unpaired) electrons. The summed E-state index contributed by atoms with van der Waals surface area (Å²) >= 11 is 0. The number of nitrogens with zero attached hydrogens (tertiary/aromatic N) is 2. The summed E-state index contributed by atoms with van der Waals surface area (Å²) < 4.78 is 18.3. The van der Waals surface area contributed by atoms with Gasteiger partial charge in [0, 0.05) is 35.6 Å². The molecule has 11 nitrogen and oxygen atoms in total. The number of pyridine rings is 1. The van der Waals surface area contributed by atoms with Crippen LogP contribution in [0.4, 0.5) is 21.1 Å². The highest BCUT2D eigenvalue weighted by Crippen LogP contribution is 2.36. The van der Waals surface area contributed by atoms with Crippen molar-refractivity contribution in [2.24, 2.45) is 7.05 Å². The number of carbonyl (C=O) groups excluding carboxylic acids is 2. The van der Waals surface area contributed by atoms with Crippen molar-refractivity contribution in [3.8, 4) is 23.0 Å². The maximum Gasteiger partial charge on any atom is 0.414 e. The molecule has 4 N–H and O–H groups in total. The molecule has 0 unspecified atom stereocenters. The minimum atomic E-state index is -0.675. The van der Waals surface area contributed by atoms with E-state index in [2.05, 4.69) is 26.0 Å². The van der Waals surface area contributed by atoms with E-state index in [9.17, 15) is 9.59 Å². The minimum Gasteiger partial charge on any atom is -0.493 e. The smallest absolute Gasteiger partial charge is 0.414 e. The maximum atomic E-state index is 12.1. The van der Waals surface area contributed by atoms with Crippen molar-refractivity contribution in [1.29, 1.82) is 0 Å². The SMILES string of the molecule is COc1cc2nccc(Oc3ccc(NC(=O)NC(=O)Nc4cc[nH][n+]4C)cc3)c2cc1OC. The summed E-state index contributed by atoms with van der Waals surface area (Å²) in [6.07, 6.45) is 3.30. The Morgan fingerprint density at radius 2 is 1.62 bits per heavy atom. The van der Waals surface area contributed by atoms with Crippen molar-refractivity contribution < 1.29 is 28.5 Å². The van der Waals surface area contributed by atoms with Gasteiger partial charge >= 0.3 is 17.9 Å². The van der Waals surface area contributed by atoms with Gasteiger partial charge in [0.15, 0.2) is 11.5 Å². The van der Waals surface area contributed by atoms with Crippen molar-refractivity contribution in [3.63, 3.8) is 0 Å². The number of anilines is 2. The monoisotopic (exact) mass is 463 g/mol. The molecule has 0 aliphatic carbocycles. The number of H-pyrrole nitrogens is 1. The molecule has 2 aromatic carbocycles. The molecule has 0 bridgehead atoms.